The van der Waals surface area contributed by atoms with Gasteiger partial charge in [0.2, 0.25) is 11.8 Å². The predicted molar refractivity (Wildman–Crippen MR) is 100 cm³/mol. The summed E-state index contributed by atoms with van der Waals surface area (Å²) >= 11 is 0. The molecule has 1 aromatic heterocycles. The van der Waals surface area contributed by atoms with E-state index in [-0.39, 0.29) is 30.1 Å². The van der Waals surface area contributed by atoms with Crippen molar-refractivity contribution in [2.24, 2.45) is 5.92 Å². The zero-order valence-electron chi connectivity index (χ0n) is 15.4. The summed E-state index contributed by atoms with van der Waals surface area (Å²) in [5.74, 6) is -0.577. The molecular formula is C19H23N5O3. The summed E-state index contributed by atoms with van der Waals surface area (Å²) in [5, 5.41) is 6.74. The highest BCUT2D eigenvalue weighted by Crippen LogP contribution is 2.25. The van der Waals surface area contributed by atoms with Crippen LogP contribution in [0.25, 0.3) is 5.69 Å². The van der Waals surface area contributed by atoms with E-state index in [1.54, 1.807) is 9.58 Å². The second-order valence-corrected chi connectivity index (χ2v) is 6.79. The molecule has 0 bridgehead atoms. The average molecular weight is 369 g/mol. The van der Waals surface area contributed by atoms with Crippen LogP contribution in [0.4, 0.5) is 5.82 Å². The van der Waals surface area contributed by atoms with E-state index in [2.05, 4.69) is 10.4 Å². The van der Waals surface area contributed by atoms with Gasteiger partial charge in [-0.15, -0.1) is 0 Å². The van der Waals surface area contributed by atoms with Gasteiger partial charge in [0.15, 0.2) is 5.78 Å². The van der Waals surface area contributed by atoms with Crippen LogP contribution < -0.4 is 11.1 Å². The molecule has 0 saturated carbocycles. The highest BCUT2D eigenvalue weighted by atomic mass is 16.2. The predicted octanol–water partition coefficient (Wildman–Crippen LogP) is 0.930. The molecule has 0 radical (unpaired) electrons. The summed E-state index contributed by atoms with van der Waals surface area (Å²) in [6, 6.07) is 7.69. The highest BCUT2D eigenvalue weighted by Gasteiger charge is 2.33. The van der Waals surface area contributed by atoms with Crippen molar-refractivity contribution in [3.8, 4) is 5.69 Å². The molecule has 8 nitrogen and oxygen atoms in total. The van der Waals surface area contributed by atoms with Gasteiger partial charge in [0.25, 0.3) is 0 Å². The molecule has 2 heterocycles. The number of nitrogens with two attached hydrogens (primary N) is 1. The largest absolute Gasteiger partial charge is 0.383 e. The Labute approximate surface area is 157 Å². The number of ketones is 1. The minimum Gasteiger partial charge on any atom is -0.383 e. The molecule has 1 aromatic carbocycles. The number of nitrogens with zero attached hydrogens (tertiary/aromatic N) is 3. The van der Waals surface area contributed by atoms with E-state index in [1.165, 1.54) is 13.1 Å². The van der Waals surface area contributed by atoms with Crippen LogP contribution in [0.5, 0.6) is 0 Å². The van der Waals surface area contributed by atoms with Gasteiger partial charge in [0.05, 0.1) is 24.0 Å². The Morgan fingerprint density at radius 1 is 1.26 bits per heavy atom. The molecule has 0 spiro atoms. The smallest absolute Gasteiger partial charge is 0.241 e. The van der Waals surface area contributed by atoms with Gasteiger partial charge in [-0.25, -0.2) is 4.68 Å². The van der Waals surface area contributed by atoms with Crippen molar-refractivity contribution in [3.05, 3.63) is 41.6 Å². The van der Waals surface area contributed by atoms with Crippen LogP contribution in [0, 0.1) is 12.8 Å². The first-order chi connectivity index (χ1) is 12.9. The van der Waals surface area contributed by atoms with Crippen LogP contribution in [-0.2, 0) is 9.59 Å². The maximum absolute atomic E-state index is 12.9. The van der Waals surface area contributed by atoms with Crippen LogP contribution in [0.15, 0.2) is 30.5 Å². The number of likely N-dealkylation sites (tertiary alicyclic amines) is 1. The van der Waals surface area contributed by atoms with Crippen LogP contribution in [0.1, 0.15) is 29.3 Å². The number of carbonyl (C=O) groups is 3. The van der Waals surface area contributed by atoms with Crippen molar-refractivity contribution in [1.29, 1.82) is 0 Å². The number of aromatic nitrogens is 2. The number of hydrogen-bond donors (Lipinski definition) is 2. The fourth-order valence-electron chi connectivity index (χ4n) is 3.17. The second-order valence-electron chi connectivity index (χ2n) is 6.79. The molecule has 142 valence electrons. The fourth-order valence-corrected chi connectivity index (χ4v) is 3.17. The molecular weight excluding hydrogens is 346 g/mol. The molecule has 8 heteroatoms. The van der Waals surface area contributed by atoms with E-state index in [4.69, 9.17) is 5.73 Å². The van der Waals surface area contributed by atoms with Crippen molar-refractivity contribution in [1.82, 2.24) is 20.0 Å². The topological polar surface area (TPSA) is 110 Å². The summed E-state index contributed by atoms with van der Waals surface area (Å²) in [6.45, 7) is 4.11. The lowest BCUT2D eigenvalue weighted by Crippen LogP contribution is -2.38. The van der Waals surface area contributed by atoms with Crippen LogP contribution >= 0.6 is 0 Å². The lowest BCUT2D eigenvalue weighted by atomic mass is 9.98. The molecule has 0 aliphatic carbocycles. The average Bonchev–Trinajstić information content (AvgIpc) is 3.27. The standard InChI is InChI=1S/C19H23N5O3/c1-12-3-5-15(6-4-12)24-19(20)16(9-22-24)18(27)14-7-8-23(11-14)17(26)10-21-13(2)25/h3-6,9,14H,7-8,10-11,20H2,1-2H3,(H,21,25). The first kappa shape index (κ1) is 18.6. The minimum atomic E-state index is -0.316. The molecule has 1 atom stereocenters. The van der Waals surface area contributed by atoms with Gasteiger partial charge >= 0.3 is 0 Å². The Kier molecular flexibility index (Phi) is 5.25. The van der Waals surface area contributed by atoms with E-state index in [9.17, 15) is 14.4 Å². The molecule has 27 heavy (non-hydrogen) atoms. The molecule has 1 fully saturated rings. The van der Waals surface area contributed by atoms with Crippen molar-refractivity contribution in [2.45, 2.75) is 20.3 Å². The summed E-state index contributed by atoms with van der Waals surface area (Å²) in [5.41, 5.74) is 8.45. The van der Waals surface area contributed by atoms with Gasteiger partial charge in [-0.3, -0.25) is 14.4 Å². The molecule has 1 saturated heterocycles. The fraction of sp³-hybridized carbons (Fsp3) is 0.368. The van der Waals surface area contributed by atoms with Crippen LogP contribution in [0.3, 0.4) is 0 Å². The first-order valence-corrected chi connectivity index (χ1v) is 8.83. The van der Waals surface area contributed by atoms with Crippen LogP contribution in [0.2, 0.25) is 0 Å². The molecule has 2 amide bonds. The molecule has 1 aliphatic rings. The molecule has 3 rings (SSSR count). The van der Waals surface area contributed by atoms with Crippen molar-refractivity contribution < 1.29 is 14.4 Å². The number of aryl methyl sites for hydroxylation is 1. The Morgan fingerprint density at radius 2 is 1.96 bits per heavy atom. The number of carbonyl (C=O) groups excluding carboxylic acids is 3. The van der Waals surface area contributed by atoms with Crippen molar-refractivity contribution in [3.63, 3.8) is 0 Å². The number of rotatable bonds is 5. The van der Waals surface area contributed by atoms with E-state index >= 15 is 0 Å². The number of amides is 2. The van der Waals surface area contributed by atoms with Crippen molar-refractivity contribution >= 4 is 23.4 Å². The van der Waals surface area contributed by atoms with Gasteiger partial charge in [0.1, 0.15) is 5.82 Å². The Bertz CT molecular complexity index is 872. The lowest BCUT2D eigenvalue weighted by Gasteiger charge is -2.16. The van der Waals surface area contributed by atoms with E-state index < -0.39 is 0 Å². The van der Waals surface area contributed by atoms with Gasteiger partial charge in [-0.05, 0) is 25.5 Å². The maximum atomic E-state index is 12.9. The normalized spacial score (nSPS) is 16.4. The molecule has 1 unspecified atom stereocenters. The summed E-state index contributed by atoms with van der Waals surface area (Å²) in [7, 11) is 0. The number of hydrogen-bond acceptors (Lipinski definition) is 5. The van der Waals surface area contributed by atoms with E-state index in [0.29, 0.717) is 30.9 Å². The van der Waals surface area contributed by atoms with E-state index in [0.717, 1.165) is 11.3 Å². The first-order valence-electron chi connectivity index (χ1n) is 8.83. The zero-order valence-corrected chi connectivity index (χ0v) is 15.4. The number of benzene rings is 1. The van der Waals surface area contributed by atoms with Gasteiger partial charge in [-0.1, -0.05) is 17.7 Å². The van der Waals surface area contributed by atoms with Crippen LogP contribution in [-0.4, -0.2) is 51.9 Å². The highest BCUT2D eigenvalue weighted by molar-refractivity contribution is 6.02. The van der Waals surface area contributed by atoms with Crippen molar-refractivity contribution in [2.75, 3.05) is 25.4 Å². The summed E-state index contributed by atoms with van der Waals surface area (Å²) < 4.78 is 1.54. The monoisotopic (exact) mass is 369 g/mol. The third-order valence-electron chi connectivity index (χ3n) is 4.75. The molecule has 2 aromatic rings. The number of anilines is 1. The SMILES string of the molecule is CC(=O)NCC(=O)N1CCC(C(=O)c2cnn(-c3ccc(C)cc3)c2N)C1. The number of nitrogens with one attached hydrogen (secondary N) is 1. The van der Waals surface area contributed by atoms with Gasteiger partial charge in [0, 0.05) is 25.9 Å². The third kappa shape index (κ3) is 3.99. The van der Waals surface area contributed by atoms with E-state index in [1.807, 2.05) is 31.2 Å². The second kappa shape index (κ2) is 7.61. The van der Waals surface area contributed by atoms with Gasteiger partial charge < -0.3 is 16.0 Å². The Morgan fingerprint density at radius 3 is 2.63 bits per heavy atom. The minimum absolute atomic E-state index is 0.0518. The zero-order chi connectivity index (χ0) is 19.6. The molecule has 1 aliphatic heterocycles. The quantitative estimate of drug-likeness (QED) is 0.762. The Hall–Kier alpha value is -3.16. The third-order valence-corrected chi connectivity index (χ3v) is 4.75. The Balaban J connectivity index is 1.69. The summed E-state index contributed by atoms with van der Waals surface area (Å²) in [6.07, 6.45) is 2.05. The van der Waals surface area contributed by atoms with Gasteiger partial charge in [-0.2, -0.15) is 5.10 Å². The number of nitrogen functional groups attached to an aromatic ring is 1. The number of Topliss-reactive ketones (excluding diaryl/α,β-unsaturated/α-hetero) is 1. The maximum Gasteiger partial charge on any atom is 0.241 e. The summed E-state index contributed by atoms with van der Waals surface area (Å²) in [4.78, 5) is 37.5. The molecule has 3 N–H and O–H groups in total. The lowest BCUT2D eigenvalue weighted by molar-refractivity contribution is -0.131.